The number of hydrogen-bond donors (Lipinski definition) is 2. The molecule has 7 nitrogen and oxygen atoms in total. The van der Waals surface area contributed by atoms with Crippen molar-refractivity contribution in [2.24, 2.45) is 0 Å². The highest BCUT2D eigenvalue weighted by molar-refractivity contribution is 6.30. The fourth-order valence-corrected chi connectivity index (χ4v) is 1.58. The van der Waals surface area contributed by atoms with Crippen LogP contribution in [0.15, 0.2) is 30.6 Å². The normalized spacial score (nSPS) is 10.7. The summed E-state index contributed by atoms with van der Waals surface area (Å²) in [7, 11) is 0. The summed E-state index contributed by atoms with van der Waals surface area (Å²) in [5.41, 5.74) is 6.47. The molecular weight excluding hydrogens is 254 g/mol. The Balaban J connectivity index is 1.95. The summed E-state index contributed by atoms with van der Waals surface area (Å²) in [5.74, 6) is 1.01. The first-order chi connectivity index (χ1) is 8.72. The minimum Gasteiger partial charge on any atom is -0.368 e. The lowest BCUT2D eigenvalue weighted by Gasteiger charge is -2.00. The molecule has 90 valence electrons. The Kier molecular flexibility index (Phi) is 2.45. The summed E-state index contributed by atoms with van der Waals surface area (Å²) in [4.78, 5) is 11.9. The van der Waals surface area contributed by atoms with Crippen molar-refractivity contribution in [1.29, 1.82) is 0 Å². The van der Waals surface area contributed by atoms with E-state index in [9.17, 15) is 0 Å². The number of nitrogen functional groups attached to an aromatic ring is 1. The van der Waals surface area contributed by atoms with Crippen molar-refractivity contribution in [1.82, 2.24) is 24.6 Å². The molecule has 0 amide bonds. The van der Waals surface area contributed by atoms with E-state index in [2.05, 4.69) is 25.4 Å². The predicted octanol–water partition coefficient (Wildman–Crippen LogP) is 1.50. The van der Waals surface area contributed by atoms with Crippen LogP contribution >= 0.6 is 11.6 Å². The van der Waals surface area contributed by atoms with Crippen LogP contribution in [0, 0.1) is 0 Å². The molecule has 0 aliphatic heterocycles. The Hall–Kier alpha value is -2.41. The summed E-state index contributed by atoms with van der Waals surface area (Å²) in [6.45, 7) is 0. The van der Waals surface area contributed by atoms with Crippen molar-refractivity contribution >= 4 is 35.0 Å². The van der Waals surface area contributed by atoms with E-state index in [1.165, 1.54) is 10.8 Å². The van der Waals surface area contributed by atoms with E-state index in [1.54, 1.807) is 12.1 Å². The second kappa shape index (κ2) is 4.11. The van der Waals surface area contributed by atoms with Crippen LogP contribution in [-0.2, 0) is 0 Å². The third-order valence-corrected chi connectivity index (χ3v) is 2.52. The molecule has 0 aliphatic carbocycles. The first kappa shape index (κ1) is 10.7. The van der Waals surface area contributed by atoms with Crippen molar-refractivity contribution < 1.29 is 0 Å². The van der Waals surface area contributed by atoms with Crippen LogP contribution in [0.5, 0.6) is 0 Å². The van der Waals surface area contributed by atoms with Crippen LogP contribution < -0.4 is 11.1 Å². The minimum atomic E-state index is 0.233. The molecule has 0 radical (unpaired) electrons. The van der Waals surface area contributed by atoms with Crippen LogP contribution in [0.4, 0.5) is 17.6 Å². The molecule has 0 aliphatic rings. The van der Waals surface area contributed by atoms with Crippen LogP contribution in [0.25, 0.3) is 5.78 Å². The molecule has 0 atom stereocenters. The second-order valence-electron chi connectivity index (χ2n) is 3.51. The number of aromatic nitrogens is 5. The summed E-state index contributed by atoms with van der Waals surface area (Å²) in [5, 5.41) is 7.83. The van der Waals surface area contributed by atoms with Gasteiger partial charge in [0.05, 0.1) is 0 Å². The van der Waals surface area contributed by atoms with Gasteiger partial charge in [-0.15, -0.1) is 5.10 Å². The Morgan fingerprint density at radius 1 is 1.17 bits per heavy atom. The largest absolute Gasteiger partial charge is 0.368 e. The summed E-state index contributed by atoms with van der Waals surface area (Å²) in [6.07, 6.45) is 1.34. The van der Waals surface area contributed by atoms with Crippen LogP contribution in [0.1, 0.15) is 0 Å². The van der Waals surface area contributed by atoms with Gasteiger partial charge in [-0.3, -0.25) is 0 Å². The Morgan fingerprint density at radius 2 is 1.94 bits per heavy atom. The number of halogens is 1. The molecule has 3 rings (SSSR count). The Morgan fingerprint density at radius 3 is 2.67 bits per heavy atom. The summed E-state index contributed by atoms with van der Waals surface area (Å²) >= 11 is 5.80. The molecule has 0 unspecified atom stereocenters. The van der Waals surface area contributed by atoms with E-state index in [1.807, 2.05) is 12.1 Å². The lowest BCUT2D eigenvalue weighted by Crippen LogP contribution is -2.02. The number of fused-ring (bicyclic) bond motifs is 1. The molecule has 0 saturated carbocycles. The highest BCUT2D eigenvalue weighted by atomic mass is 35.5. The van der Waals surface area contributed by atoms with Gasteiger partial charge in [0.1, 0.15) is 6.33 Å². The third kappa shape index (κ3) is 1.91. The zero-order valence-electron chi connectivity index (χ0n) is 9.08. The molecule has 0 spiro atoms. The Bertz CT molecular complexity index is 691. The maximum absolute atomic E-state index is 5.80. The van der Waals surface area contributed by atoms with E-state index in [-0.39, 0.29) is 5.95 Å². The zero-order valence-corrected chi connectivity index (χ0v) is 9.83. The Labute approximate surface area is 107 Å². The van der Waals surface area contributed by atoms with Crippen LogP contribution in [-0.4, -0.2) is 24.6 Å². The van der Waals surface area contributed by atoms with Crippen molar-refractivity contribution in [3.05, 3.63) is 35.6 Å². The van der Waals surface area contributed by atoms with Gasteiger partial charge in [-0.1, -0.05) is 11.6 Å². The van der Waals surface area contributed by atoms with Crippen LogP contribution in [0.3, 0.4) is 0 Å². The molecule has 18 heavy (non-hydrogen) atoms. The van der Waals surface area contributed by atoms with Crippen molar-refractivity contribution in [3.8, 4) is 0 Å². The molecule has 0 fully saturated rings. The first-order valence-electron chi connectivity index (χ1n) is 5.08. The van der Waals surface area contributed by atoms with E-state index in [0.29, 0.717) is 16.7 Å². The average Bonchev–Trinajstić information content (AvgIpc) is 2.76. The first-order valence-corrected chi connectivity index (χ1v) is 5.46. The molecule has 1 aromatic carbocycles. The monoisotopic (exact) mass is 261 g/mol. The maximum Gasteiger partial charge on any atom is 0.258 e. The number of rotatable bonds is 2. The van der Waals surface area contributed by atoms with Gasteiger partial charge in [-0.05, 0) is 24.3 Å². The number of nitrogens with two attached hydrogens (primary N) is 1. The fourth-order valence-electron chi connectivity index (χ4n) is 1.45. The van der Waals surface area contributed by atoms with Gasteiger partial charge in [0, 0.05) is 10.7 Å². The quantitative estimate of drug-likeness (QED) is 0.726. The van der Waals surface area contributed by atoms with Crippen LogP contribution in [0.2, 0.25) is 5.02 Å². The predicted molar refractivity (Wildman–Crippen MR) is 67.7 cm³/mol. The number of hydrogen-bond acceptors (Lipinski definition) is 6. The molecule has 3 aromatic rings. The number of nitrogens with zero attached hydrogens (tertiary/aromatic N) is 5. The van der Waals surface area contributed by atoms with Crippen molar-refractivity contribution in [3.63, 3.8) is 0 Å². The van der Waals surface area contributed by atoms with Gasteiger partial charge in [0.25, 0.3) is 5.78 Å². The number of benzene rings is 1. The second-order valence-corrected chi connectivity index (χ2v) is 3.95. The van der Waals surface area contributed by atoms with Gasteiger partial charge >= 0.3 is 0 Å². The molecule has 2 heterocycles. The summed E-state index contributed by atoms with van der Waals surface area (Å²) in [6, 6.07) is 7.19. The van der Waals surface area contributed by atoms with E-state index >= 15 is 0 Å². The molecule has 8 heteroatoms. The van der Waals surface area contributed by atoms with Crippen molar-refractivity contribution in [2.45, 2.75) is 0 Å². The zero-order chi connectivity index (χ0) is 12.5. The minimum absolute atomic E-state index is 0.233. The smallest absolute Gasteiger partial charge is 0.258 e. The molecule has 0 bridgehead atoms. The van der Waals surface area contributed by atoms with E-state index < -0.39 is 0 Å². The number of anilines is 3. The van der Waals surface area contributed by atoms with Gasteiger partial charge < -0.3 is 11.1 Å². The molecule has 0 saturated heterocycles. The average molecular weight is 262 g/mol. The van der Waals surface area contributed by atoms with Gasteiger partial charge in [-0.2, -0.15) is 14.5 Å². The third-order valence-electron chi connectivity index (χ3n) is 2.27. The van der Waals surface area contributed by atoms with Gasteiger partial charge in [0.15, 0.2) is 0 Å². The number of nitrogens with one attached hydrogen (secondary N) is 1. The lowest BCUT2D eigenvalue weighted by atomic mass is 10.3. The highest BCUT2D eigenvalue weighted by Crippen LogP contribution is 2.17. The van der Waals surface area contributed by atoms with E-state index in [4.69, 9.17) is 17.3 Å². The lowest BCUT2D eigenvalue weighted by molar-refractivity contribution is 0.911. The van der Waals surface area contributed by atoms with Gasteiger partial charge in [0.2, 0.25) is 11.9 Å². The standard InChI is InChI=1S/C10H8ClN7/c11-6-1-3-7(4-2-6)15-9-16-10-14-5-13-8(12)18(10)17-9/h1-5H,(H3,12,13,14,15,16,17). The SMILES string of the molecule is Nc1ncnc2nc(Nc3ccc(Cl)cc3)nn12. The van der Waals surface area contributed by atoms with Gasteiger partial charge in [-0.25, -0.2) is 4.98 Å². The summed E-state index contributed by atoms with van der Waals surface area (Å²) < 4.78 is 1.36. The topological polar surface area (TPSA) is 94.0 Å². The maximum atomic E-state index is 5.80. The fraction of sp³-hybridized carbons (Fsp3) is 0. The van der Waals surface area contributed by atoms with E-state index in [0.717, 1.165) is 5.69 Å². The molecule has 2 aromatic heterocycles. The highest BCUT2D eigenvalue weighted by Gasteiger charge is 2.07. The molecular formula is C10H8ClN7. The van der Waals surface area contributed by atoms with Crippen molar-refractivity contribution in [2.75, 3.05) is 11.1 Å². The molecule has 3 N–H and O–H groups in total.